The van der Waals surface area contributed by atoms with Crippen LogP contribution in [0, 0.1) is 0 Å². The summed E-state index contributed by atoms with van der Waals surface area (Å²) in [5.41, 5.74) is 0.615. The highest BCUT2D eigenvalue weighted by Crippen LogP contribution is 2.38. The van der Waals surface area contributed by atoms with E-state index in [9.17, 15) is 8.42 Å². The first-order valence-corrected chi connectivity index (χ1v) is 12.4. The quantitative estimate of drug-likeness (QED) is 0.610. The van der Waals surface area contributed by atoms with E-state index in [1.54, 1.807) is 18.3 Å². The van der Waals surface area contributed by atoms with E-state index in [4.69, 9.17) is 9.15 Å². The molecule has 0 spiro atoms. The molecule has 2 aromatic heterocycles. The topological polar surface area (TPSA) is 110 Å². The minimum Gasteiger partial charge on any atom is -0.423 e. The number of thiazole rings is 1. The largest absolute Gasteiger partial charge is 0.423 e. The molecule has 4 aliphatic heterocycles. The Morgan fingerprint density at radius 1 is 1.23 bits per heavy atom. The Kier molecular flexibility index (Phi) is 4.36. The molecular formula is C19H21N5O4S2. The van der Waals surface area contributed by atoms with Gasteiger partial charge in [-0.3, -0.25) is 0 Å². The van der Waals surface area contributed by atoms with Gasteiger partial charge in [-0.15, -0.1) is 11.3 Å². The van der Waals surface area contributed by atoms with E-state index in [1.165, 1.54) is 11.3 Å². The van der Waals surface area contributed by atoms with Crippen molar-refractivity contribution < 1.29 is 17.6 Å². The summed E-state index contributed by atoms with van der Waals surface area (Å²) in [7, 11) is -3.75. The van der Waals surface area contributed by atoms with Crippen molar-refractivity contribution in [1.82, 2.24) is 20.6 Å². The summed E-state index contributed by atoms with van der Waals surface area (Å²) in [5.74, 6) is 0. The van der Waals surface area contributed by atoms with E-state index >= 15 is 0 Å². The predicted molar refractivity (Wildman–Crippen MR) is 112 cm³/mol. The molecule has 1 aromatic carbocycles. The number of hydrogen-bond acceptors (Lipinski definition) is 10. The molecule has 0 amide bonds. The normalized spacial score (nSPS) is 26.7. The van der Waals surface area contributed by atoms with Crippen LogP contribution in [0.3, 0.4) is 0 Å². The van der Waals surface area contributed by atoms with Gasteiger partial charge in [0.2, 0.25) is 9.84 Å². The second-order valence-electron chi connectivity index (χ2n) is 7.87. The second-order valence-corrected chi connectivity index (χ2v) is 10.8. The number of ether oxygens (including phenoxy) is 1. The average molecular weight is 448 g/mol. The van der Waals surface area contributed by atoms with Crippen LogP contribution in [0.1, 0.15) is 6.42 Å². The van der Waals surface area contributed by atoms with E-state index < -0.39 is 15.3 Å². The third-order valence-electron chi connectivity index (χ3n) is 5.90. The Bertz CT molecular complexity index is 1170. The Morgan fingerprint density at radius 3 is 2.77 bits per heavy atom. The van der Waals surface area contributed by atoms with Crippen LogP contribution >= 0.6 is 11.3 Å². The maximum atomic E-state index is 13.4. The van der Waals surface area contributed by atoms with Crippen molar-refractivity contribution in [3.8, 4) is 10.6 Å². The minimum atomic E-state index is -3.75. The van der Waals surface area contributed by atoms with Crippen molar-refractivity contribution in [2.45, 2.75) is 28.8 Å². The number of piperazine rings is 1. The number of hydrogen-bond donors (Lipinski definition) is 2. The maximum absolute atomic E-state index is 13.4. The lowest BCUT2D eigenvalue weighted by Gasteiger charge is -2.47. The van der Waals surface area contributed by atoms with Gasteiger partial charge in [0.1, 0.15) is 10.5 Å². The fourth-order valence-corrected chi connectivity index (χ4v) is 6.64. The Morgan fingerprint density at radius 2 is 2.07 bits per heavy atom. The van der Waals surface area contributed by atoms with Gasteiger partial charge in [-0.05, 0) is 18.6 Å². The smallest absolute Gasteiger partial charge is 0.298 e. The van der Waals surface area contributed by atoms with Gasteiger partial charge < -0.3 is 24.7 Å². The maximum Gasteiger partial charge on any atom is 0.298 e. The van der Waals surface area contributed by atoms with Crippen molar-refractivity contribution >= 4 is 38.3 Å². The Hall–Kier alpha value is -2.05. The lowest BCUT2D eigenvalue weighted by Crippen LogP contribution is -2.67. The third kappa shape index (κ3) is 2.95. The van der Waals surface area contributed by atoms with Gasteiger partial charge in [-0.1, -0.05) is 0 Å². The molecule has 0 saturated carbocycles. The summed E-state index contributed by atoms with van der Waals surface area (Å²) in [6.07, 6.45) is 2.88. The summed E-state index contributed by atoms with van der Waals surface area (Å²) < 4.78 is 38.5. The molecular weight excluding hydrogens is 426 g/mol. The van der Waals surface area contributed by atoms with E-state index in [0.29, 0.717) is 42.3 Å². The molecule has 0 aliphatic carbocycles. The highest BCUT2D eigenvalue weighted by Gasteiger charge is 2.39. The number of anilines is 1. The summed E-state index contributed by atoms with van der Waals surface area (Å²) in [6.45, 7) is 2.85. The van der Waals surface area contributed by atoms with Gasteiger partial charge in [0, 0.05) is 49.8 Å². The SMILES string of the molecule is O=S(=O)(c1ccc(-c2nccs2)c2oc(N3CC4CC(C3)N4)nc12)C1CNCCO1. The fourth-order valence-electron chi connectivity index (χ4n) is 4.41. The lowest BCUT2D eigenvalue weighted by atomic mass is 9.92. The first-order chi connectivity index (χ1) is 14.6. The van der Waals surface area contributed by atoms with Gasteiger partial charge >= 0.3 is 0 Å². The molecule has 30 heavy (non-hydrogen) atoms. The monoisotopic (exact) mass is 447 g/mol. The van der Waals surface area contributed by atoms with Crippen LogP contribution < -0.4 is 15.5 Å². The van der Waals surface area contributed by atoms with E-state index in [-0.39, 0.29) is 11.4 Å². The molecule has 3 atom stereocenters. The summed E-state index contributed by atoms with van der Waals surface area (Å²) in [5, 5.41) is 9.23. The number of nitrogens with zero attached hydrogens (tertiary/aromatic N) is 3. The summed E-state index contributed by atoms with van der Waals surface area (Å²) >= 11 is 1.48. The second kappa shape index (κ2) is 6.99. The van der Waals surface area contributed by atoms with Crippen molar-refractivity contribution in [1.29, 1.82) is 0 Å². The molecule has 2 N–H and O–H groups in total. The zero-order chi connectivity index (χ0) is 20.3. The number of fused-ring (bicyclic) bond motifs is 3. The average Bonchev–Trinajstić information content (AvgIpc) is 3.43. The number of oxazole rings is 1. The third-order valence-corrected chi connectivity index (χ3v) is 8.64. The molecule has 9 nitrogen and oxygen atoms in total. The summed E-state index contributed by atoms with van der Waals surface area (Å²) in [6, 6.07) is 4.69. The molecule has 4 fully saturated rings. The number of morpholine rings is 1. The molecule has 3 unspecified atom stereocenters. The molecule has 3 aromatic rings. The van der Waals surface area contributed by atoms with Crippen LogP contribution in [0.4, 0.5) is 6.01 Å². The molecule has 158 valence electrons. The highest BCUT2D eigenvalue weighted by atomic mass is 32.2. The van der Waals surface area contributed by atoms with Gasteiger partial charge in [0.15, 0.2) is 11.0 Å². The molecule has 4 saturated heterocycles. The number of benzene rings is 1. The Labute approximate surface area is 177 Å². The molecule has 7 rings (SSSR count). The van der Waals surface area contributed by atoms with Crippen LogP contribution in [0.2, 0.25) is 0 Å². The van der Waals surface area contributed by atoms with Crippen molar-refractivity contribution in [2.24, 2.45) is 0 Å². The van der Waals surface area contributed by atoms with Crippen molar-refractivity contribution in [3.63, 3.8) is 0 Å². The Balaban J connectivity index is 1.49. The van der Waals surface area contributed by atoms with Crippen LogP contribution in [-0.2, 0) is 14.6 Å². The van der Waals surface area contributed by atoms with Crippen LogP contribution in [-0.4, -0.2) is 68.7 Å². The number of sulfone groups is 1. The number of piperidine rings is 1. The first kappa shape index (κ1) is 18.7. The zero-order valence-electron chi connectivity index (χ0n) is 16.1. The fraction of sp³-hybridized carbons (Fsp3) is 0.474. The molecule has 4 aliphatic rings. The van der Waals surface area contributed by atoms with E-state index in [1.807, 2.05) is 5.38 Å². The number of rotatable bonds is 4. The number of nitrogens with one attached hydrogen (secondary N) is 2. The molecule has 6 heterocycles. The van der Waals surface area contributed by atoms with Crippen molar-refractivity contribution in [2.75, 3.05) is 37.7 Å². The number of aromatic nitrogens is 2. The van der Waals surface area contributed by atoms with Gasteiger partial charge in [0.05, 0.1) is 17.1 Å². The zero-order valence-corrected chi connectivity index (χ0v) is 17.7. The van der Waals surface area contributed by atoms with Crippen LogP contribution in [0.15, 0.2) is 33.0 Å². The minimum absolute atomic E-state index is 0.141. The lowest BCUT2D eigenvalue weighted by molar-refractivity contribution is 0.0785. The van der Waals surface area contributed by atoms with Crippen molar-refractivity contribution in [3.05, 3.63) is 23.7 Å². The van der Waals surface area contributed by atoms with Crippen LogP contribution in [0.25, 0.3) is 21.7 Å². The molecule has 2 bridgehead atoms. The van der Waals surface area contributed by atoms with E-state index in [2.05, 4.69) is 25.5 Å². The van der Waals surface area contributed by atoms with Gasteiger partial charge in [0.25, 0.3) is 6.01 Å². The van der Waals surface area contributed by atoms with Gasteiger partial charge in [-0.25, -0.2) is 13.4 Å². The summed E-state index contributed by atoms with van der Waals surface area (Å²) in [4.78, 5) is 11.3. The standard InChI is InChI=1S/C19H21N5O4S2/c25-30(26,15-8-20-3-5-27-15)14-2-1-13(18-21-4-6-29-18)17-16(14)23-19(28-17)24-9-11-7-12(10-24)22-11/h1-2,4,6,11-12,15,20,22H,3,5,7-10H2. The highest BCUT2D eigenvalue weighted by molar-refractivity contribution is 7.92. The molecule has 11 heteroatoms. The molecule has 0 radical (unpaired) electrons. The van der Waals surface area contributed by atoms with E-state index in [0.717, 1.165) is 30.1 Å². The van der Waals surface area contributed by atoms with Gasteiger partial charge in [-0.2, -0.15) is 4.98 Å². The predicted octanol–water partition coefficient (Wildman–Crippen LogP) is 1.22. The van der Waals surface area contributed by atoms with Crippen LogP contribution in [0.5, 0.6) is 0 Å². The first-order valence-electron chi connectivity index (χ1n) is 10.0.